The first-order valence-electron chi connectivity index (χ1n) is 11.0. The monoisotopic (exact) mass is 465 g/mol. The number of alkyl carbamates (subject to hydrolysis) is 1. The number of aromatic nitrogens is 1. The van der Waals surface area contributed by atoms with Crippen molar-refractivity contribution in [2.45, 2.75) is 13.2 Å². The van der Waals surface area contributed by atoms with Crippen LogP contribution in [-0.2, 0) is 22.7 Å². The molecule has 0 aliphatic heterocycles. The summed E-state index contributed by atoms with van der Waals surface area (Å²) in [5, 5.41) is 16.8. The molecule has 4 aromatic rings. The van der Waals surface area contributed by atoms with E-state index in [0.29, 0.717) is 12.1 Å². The van der Waals surface area contributed by atoms with Crippen LogP contribution in [0.4, 0.5) is 4.79 Å². The number of rotatable bonds is 8. The molecule has 0 radical (unpaired) electrons. The molecular formula is C27H23N5O3. The topological polar surface area (TPSA) is 109 Å². The highest BCUT2D eigenvalue weighted by atomic mass is 16.5. The Morgan fingerprint density at radius 3 is 2.57 bits per heavy atom. The summed E-state index contributed by atoms with van der Waals surface area (Å²) in [5.41, 5.74) is 6.60. The second-order valence-electron chi connectivity index (χ2n) is 7.71. The van der Waals surface area contributed by atoms with Gasteiger partial charge in [0.25, 0.3) is 5.91 Å². The lowest BCUT2D eigenvalue weighted by molar-refractivity contribution is -0.120. The molecule has 8 heteroatoms. The molecule has 4 rings (SSSR count). The lowest BCUT2D eigenvalue weighted by atomic mass is 10.1. The number of fused-ring (bicyclic) bond motifs is 1. The Morgan fingerprint density at radius 2 is 1.74 bits per heavy atom. The second-order valence-corrected chi connectivity index (χ2v) is 7.71. The summed E-state index contributed by atoms with van der Waals surface area (Å²) in [6, 6.07) is 26.8. The van der Waals surface area contributed by atoms with Crippen molar-refractivity contribution < 1.29 is 14.3 Å². The fourth-order valence-electron chi connectivity index (χ4n) is 3.60. The summed E-state index contributed by atoms with van der Waals surface area (Å²) >= 11 is 0. The molecule has 35 heavy (non-hydrogen) atoms. The van der Waals surface area contributed by atoms with Crippen LogP contribution in [0.3, 0.4) is 0 Å². The van der Waals surface area contributed by atoms with Gasteiger partial charge in [0.1, 0.15) is 13.2 Å². The number of hydrogen-bond acceptors (Lipinski definition) is 5. The van der Waals surface area contributed by atoms with Crippen LogP contribution in [0.25, 0.3) is 10.9 Å². The molecule has 0 aliphatic rings. The molecule has 0 saturated heterocycles. The maximum absolute atomic E-state index is 12.1. The number of amides is 2. The van der Waals surface area contributed by atoms with Crippen LogP contribution in [-0.4, -0.2) is 29.3 Å². The lowest BCUT2D eigenvalue weighted by Gasteiger charge is -2.07. The third-order valence-electron chi connectivity index (χ3n) is 5.30. The minimum Gasteiger partial charge on any atom is -0.445 e. The highest BCUT2D eigenvalue weighted by molar-refractivity contribution is 5.99. The fourth-order valence-corrected chi connectivity index (χ4v) is 3.60. The molecule has 0 aliphatic carbocycles. The van der Waals surface area contributed by atoms with Crippen LogP contribution in [0.1, 0.15) is 22.3 Å². The molecule has 0 fully saturated rings. The first-order valence-corrected chi connectivity index (χ1v) is 11.0. The SMILES string of the molecule is N#Cc1ccccc1Cn1cc(/C=N\NC(=O)CNC(=O)OCc2ccccc2)c2ccccc21. The van der Waals surface area contributed by atoms with Gasteiger partial charge < -0.3 is 14.6 Å². The molecule has 2 N–H and O–H groups in total. The van der Waals surface area contributed by atoms with Crippen molar-refractivity contribution in [3.63, 3.8) is 0 Å². The fraction of sp³-hybridized carbons (Fsp3) is 0.111. The van der Waals surface area contributed by atoms with Crippen molar-refractivity contribution in [2.75, 3.05) is 6.54 Å². The number of benzene rings is 3. The van der Waals surface area contributed by atoms with Gasteiger partial charge in [-0.2, -0.15) is 10.4 Å². The van der Waals surface area contributed by atoms with Gasteiger partial charge in [0, 0.05) is 29.2 Å². The van der Waals surface area contributed by atoms with Crippen LogP contribution in [0.5, 0.6) is 0 Å². The van der Waals surface area contributed by atoms with Gasteiger partial charge in [0.2, 0.25) is 0 Å². The molecule has 0 bridgehead atoms. The van der Waals surface area contributed by atoms with Gasteiger partial charge in [0.15, 0.2) is 0 Å². The third-order valence-corrected chi connectivity index (χ3v) is 5.30. The van der Waals surface area contributed by atoms with Crippen LogP contribution >= 0.6 is 0 Å². The third kappa shape index (κ3) is 6.12. The number of nitrogens with zero attached hydrogens (tertiary/aromatic N) is 3. The van der Waals surface area contributed by atoms with Crippen molar-refractivity contribution in [3.05, 3.63) is 107 Å². The Morgan fingerprint density at radius 1 is 1.00 bits per heavy atom. The van der Waals surface area contributed by atoms with E-state index in [1.165, 1.54) is 0 Å². The van der Waals surface area contributed by atoms with Crippen LogP contribution in [0.2, 0.25) is 0 Å². The molecule has 0 unspecified atom stereocenters. The van der Waals surface area contributed by atoms with E-state index in [1.807, 2.05) is 83.6 Å². The number of carbonyl (C=O) groups excluding carboxylic acids is 2. The van der Waals surface area contributed by atoms with E-state index in [-0.39, 0.29) is 13.2 Å². The lowest BCUT2D eigenvalue weighted by Crippen LogP contribution is -2.35. The van der Waals surface area contributed by atoms with E-state index in [4.69, 9.17) is 4.74 Å². The molecule has 3 aromatic carbocycles. The number of ether oxygens (including phenoxy) is 1. The Kier molecular flexibility index (Phi) is 7.51. The van der Waals surface area contributed by atoms with Crippen molar-refractivity contribution in [3.8, 4) is 6.07 Å². The number of para-hydroxylation sites is 1. The molecule has 1 heterocycles. The van der Waals surface area contributed by atoms with Gasteiger partial charge in [-0.15, -0.1) is 0 Å². The van der Waals surface area contributed by atoms with E-state index in [0.717, 1.165) is 27.6 Å². The van der Waals surface area contributed by atoms with Gasteiger partial charge in [0.05, 0.1) is 17.8 Å². The van der Waals surface area contributed by atoms with Crippen molar-refractivity contribution >= 4 is 29.1 Å². The minimum absolute atomic E-state index is 0.120. The number of hydrazone groups is 1. The highest BCUT2D eigenvalue weighted by Gasteiger charge is 2.10. The summed E-state index contributed by atoms with van der Waals surface area (Å²) in [4.78, 5) is 23.8. The molecule has 174 valence electrons. The summed E-state index contributed by atoms with van der Waals surface area (Å²) in [6.45, 7) is 0.381. The Labute approximate surface area is 202 Å². The maximum atomic E-state index is 12.1. The predicted molar refractivity (Wildman–Crippen MR) is 133 cm³/mol. The van der Waals surface area contributed by atoms with E-state index in [2.05, 4.69) is 21.9 Å². The average Bonchev–Trinajstić information content (AvgIpc) is 3.24. The first kappa shape index (κ1) is 23.3. The van der Waals surface area contributed by atoms with Crippen LogP contribution in [0, 0.1) is 11.3 Å². The van der Waals surface area contributed by atoms with Crippen LogP contribution < -0.4 is 10.7 Å². The highest BCUT2D eigenvalue weighted by Crippen LogP contribution is 2.22. The summed E-state index contributed by atoms with van der Waals surface area (Å²) in [6.07, 6.45) is 2.79. The van der Waals surface area contributed by atoms with Crippen molar-refractivity contribution in [1.82, 2.24) is 15.3 Å². The van der Waals surface area contributed by atoms with Gasteiger partial charge in [-0.25, -0.2) is 10.2 Å². The zero-order valence-electron chi connectivity index (χ0n) is 18.8. The molecule has 1 aromatic heterocycles. The second kappa shape index (κ2) is 11.3. The number of nitriles is 1. The normalized spacial score (nSPS) is 10.7. The van der Waals surface area contributed by atoms with Crippen LogP contribution in [0.15, 0.2) is 90.2 Å². The largest absolute Gasteiger partial charge is 0.445 e. The number of hydrogen-bond donors (Lipinski definition) is 2. The quantitative estimate of drug-likeness (QED) is 0.303. The zero-order valence-corrected chi connectivity index (χ0v) is 18.8. The Bertz CT molecular complexity index is 1400. The summed E-state index contributed by atoms with van der Waals surface area (Å²) < 4.78 is 7.12. The standard InChI is InChI=1S/C27H23N5O3/c28-14-21-10-4-5-11-22(21)17-32-18-23(24-12-6-7-13-25(24)32)15-30-31-26(33)16-29-27(34)35-19-20-8-2-1-3-9-20/h1-13,15,18H,16-17,19H2,(H,29,34)(H,31,33)/b30-15-. The number of carbonyl (C=O) groups is 2. The van der Waals surface area contributed by atoms with Gasteiger partial charge in [-0.05, 0) is 23.3 Å². The average molecular weight is 466 g/mol. The van der Waals surface area contributed by atoms with E-state index < -0.39 is 12.0 Å². The van der Waals surface area contributed by atoms with Crippen molar-refractivity contribution in [1.29, 1.82) is 5.26 Å². The van der Waals surface area contributed by atoms with E-state index in [9.17, 15) is 14.9 Å². The van der Waals surface area contributed by atoms with Gasteiger partial charge in [-0.3, -0.25) is 4.79 Å². The van der Waals surface area contributed by atoms with Crippen molar-refractivity contribution in [2.24, 2.45) is 5.10 Å². The molecule has 0 saturated carbocycles. The molecular weight excluding hydrogens is 442 g/mol. The molecule has 8 nitrogen and oxygen atoms in total. The van der Waals surface area contributed by atoms with Gasteiger partial charge >= 0.3 is 6.09 Å². The molecule has 0 spiro atoms. The Hall–Kier alpha value is -4.90. The Balaban J connectivity index is 1.35. The summed E-state index contributed by atoms with van der Waals surface area (Å²) in [7, 11) is 0. The zero-order chi connectivity index (χ0) is 24.5. The first-order chi connectivity index (χ1) is 17.1. The molecule has 2 amide bonds. The van der Waals surface area contributed by atoms with E-state index >= 15 is 0 Å². The minimum atomic E-state index is -0.686. The predicted octanol–water partition coefficient (Wildman–Crippen LogP) is 3.94. The smallest absolute Gasteiger partial charge is 0.407 e. The number of nitrogens with one attached hydrogen (secondary N) is 2. The maximum Gasteiger partial charge on any atom is 0.407 e. The molecule has 0 atom stereocenters. The van der Waals surface area contributed by atoms with Gasteiger partial charge in [-0.1, -0.05) is 66.7 Å². The van der Waals surface area contributed by atoms with E-state index in [1.54, 1.807) is 12.3 Å². The summed E-state index contributed by atoms with van der Waals surface area (Å²) in [5.74, 6) is -0.482.